The van der Waals surface area contributed by atoms with E-state index in [0.717, 1.165) is 19.3 Å². The van der Waals surface area contributed by atoms with Crippen molar-refractivity contribution in [2.24, 2.45) is 13.0 Å². The number of aromatic nitrogens is 1. The van der Waals surface area contributed by atoms with Crippen molar-refractivity contribution in [1.29, 1.82) is 0 Å². The van der Waals surface area contributed by atoms with E-state index in [1.807, 2.05) is 23.1 Å². The highest BCUT2D eigenvalue weighted by Gasteiger charge is 2.23. The first-order valence-electron chi connectivity index (χ1n) is 10.7. The Kier molecular flexibility index (Phi) is 6.48. The Hall–Kier alpha value is -2.91. The van der Waals surface area contributed by atoms with Gasteiger partial charge in [-0.25, -0.2) is 17.9 Å². The molecule has 9 heteroatoms. The lowest BCUT2D eigenvalue weighted by Crippen LogP contribution is -2.40. The molecule has 32 heavy (non-hydrogen) atoms. The maximum Gasteiger partial charge on any atom is 0.419 e. The van der Waals surface area contributed by atoms with Crippen molar-refractivity contribution in [3.05, 3.63) is 64.6 Å². The SMILES string of the molecule is Cn1c(=O)oc2cc(S(=O)(=O)NCCC(=O)N3CCC(Cc4ccccc4)CC3)ccc21. The van der Waals surface area contributed by atoms with Gasteiger partial charge in [-0.15, -0.1) is 0 Å². The van der Waals surface area contributed by atoms with Crippen LogP contribution >= 0.6 is 0 Å². The third-order valence-electron chi connectivity index (χ3n) is 6.04. The van der Waals surface area contributed by atoms with Crippen molar-refractivity contribution in [3.63, 3.8) is 0 Å². The number of hydrogen-bond acceptors (Lipinski definition) is 5. The van der Waals surface area contributed by atoms with Crippen LogP contribution in [0.4, 0.5) is 0 Å². The van der Waals surface area contributed by atoms with E-state index in [4.69, 9.17) is 4.42 Å². The van der Waals surface area contributed by atoms with E-state index in [0.29, 0.717) is 24.5 Å². The van der Waals surface area contributed by atoms with Crippen molar-refractivity contribution in [2.45, 2.75) is 30.6 Å². The molecule has 4 rings (SSSR count). The molecule has 0 spiro atoms. The molecule has 0 radical (unpaired) electrons. The van der Waals surface area contributed by atoms with Crippen molar-refractivity contribution in [3.8, 4) is 0 Å². The van der Waals surface area contributed by atoms with Gasteiger partial charge in [0.25, 0.3) is 0 Å². The van der Waals surface area contributed by atoms with Crippen LogP contribution in [0.3, 0.4) is 0 Å². The van der Waals surface area contributed by atoms with Gasteiger partial charge in [0.05, 0.1) is 10.4 Å². The average Bonchev–Trinajstić information content (AvgIpc) is 3.08. The fraction of sp³-hybridized carbons (Fsp3) is 0.391. The highest BCUT2D eigenvalue weighted by Crippen LogP contribution is 2.22. The van der Waals surface area contributed by atoms with Crippen molar-refractivity contribution < 1.29 is 17.6 Å². The summed E-state index contributed by atoms with van der Waals surface area (Å²) in [6, 6.07) is 14.6. The fourth-order valence-corrected chi connectivity index (χ4v) is 5.20. The summed E-state index contributed by atoms with van der Waals surface area (Å²) in [5.41, 5.74) is 2.04. The zero-order chi connectivity index (χ0) is 22.7. The van der Waals surface area contributed by atoms with Gasteiger partial charge in [-0.3, -0.25) is 9.36 Å². The number of benzene rings is 2. The van der Waals surface area contributed by atoms with Crippen LogP contribution in [0, 0.1) is 5.92 Å². The fourth-order valence-electron chi connectivity index (χ4n) is 4.15. The third-order valence-corrected chi connectivity index (χ3v) is 7.50. The second-order valence-electron chi connectivity index (χ2n) is 8.22. The van der Waals surface area contributed by atoms with Gasteiger partial charge in [-0.1, -0.05) is 30.3 Å². The topological polar surface area (TPSA) is 102 Å². The number of carbonyl (C=O) groups is 1. The van der Waals surface area contributed by atoms with Crippen molar-refractivity contribution >= 4 is 27.0 Å². The van der Waals surface area contributed by atoms with Gasteiger partial charge in [0.15, 0.2) is 5.58 Å². The number of piperidine rings is 1. The first kappa shape index (κ1) is 22.3. The van der Waals surface area contributed by atoms with Crippen LogP contribution in [0.1, 0.15) is 24.8 Å². The van der Waals surface area contributed by atoms with Gasteiger partial charge < -0.3 is 9.32 Å². The summed E-state index contributed by atoms with van der Waals surface area (Å²) in [7, 11) is -2.26. The van der Waals surface area contributed by atoms with Crippen LogP contribution in [0.15, 0.2) is 62.6 Å². The molecule has 0 bridgehead atoms. The Morgan fingerprint density at radius 1 is 1.12 bits per heavy atom. The molecule has 1 aromatic heterocycles. The standard InChI is InChI=1S/C23H27N3O5S/c1-25-20-8-7-19(16-21(20)31-23(25)28)32(29,30)24-12-9-22(27)26-13-10-18(11-14-26)15-17-5-3-2-4-6-17/h2-8,16,18,24H,9-15H2,1H3. The first-order chi connectivity index (χ1) is 15.3. The summed E-state index contributed by atoms with van der Waals surface area (Å²) in [5.74, 6) is -0.0380. The molecular formula is C23H27N3O5S. The van der Waals surface area contributed by atoms with Crippen LogP contribution < -0.4 is 10.5 Å². The zero-order valence-corrected chi connectivity index (χ0v) is 18.8. The van der Waals surface area contributed by atoms with Gasteiger partial charge in [0.2, 0.25) is 15.9 Å². The minimum Gasteiger partial charge on any atom is -0.408 e. The maximum atomic E-state index is 12.6. The number of nitrogens with zero attached hydrogens (tertiary/aromatic N) is 2. The summed E-state index contributed by atoms with van der Waals surface area (Å²) < 4.78 is 34.0. The number of rotatable bonds is 7. The lowest BCUT2D eigenvalue weighted by atomic mass is 9.90. The maximum absolute atomic E-state index is 12.6. The largest absolute Gasteiger partial charge is 0.419 e. The number of aryl methyl sites for hydroxylation is 1. The Morgan fingerprint density at radius 3 is 2.56 bits per heavy atom. The predicted molar refractivity (Wildman–Crippen MR) is 121 cm³/mol. The van der Waals surface area contributed by atoms with Gasteiger partial charge in [0, 0.05) is 39.2 Å². The highest BCUT2D eigenvalue weighted by molar-refractivity contribution is 7.89. The summed E-state index contributed by atoms with van der Waals surface area (Å²) >= 11 is 0. The van der Waals surface area contributed by atoms with Crippen molar-refractivity contribution in [2.75, 3.05) is 19.6 Å². The van der Waals surface area contributed by atoms with Crippen LogP contribution in [-0.4, -0.2) is 43.4 Å². The monoisotopic (exact) mass is 457 g/mol. The van der Waals surface area contributed by atoms with Crippen LogP contribution in [0.5, 0.6) is 0 Å². The molecule has 3 aromatic rings. The number of nitrogens with one attached hydrogen (secondary N) is 1. The number of amides is 1. The molecule has 170 valence electrons. The van der Waals surface area contributed by atoms with Crippen LogP contribution in [0.25, 0.3) is 11.1 Å². The molecule has 1 N–H and O–H groups in total. The Bertz CT molecular complexity index is 1260. The molecule has 1 amide bonds. The minimum atomic E-state index is -3.82. The van der Waals surface area contributed by atoms with E-state index < -0.39 is 15.8 Å². The van der Waals surface area contributed by atoms with Gasteiger partial charge >= 0.3 is 5.76 Å². The molecule has 1 fully saturated rings. The van der Waals surface area contributed by atoms with E-state index in [9.17, 15) is 18.0 Å². The number of oxazole rings is 1. The smallest absolute Gasteiger partial charge is 0.408 e. The van der Waals surface area contributed by atoms with E-state index in [2.05, 4.69) is 16.9 Å². The zero-order valence-electron chi connectivity index (χ0n) is 18.0. The number of likely N-dealkylation sites (tertiary alicyclic amines) is 1. The normalized spacial score (nSPS) is 15.3. The lowest BCUT2D eigenvalue weighted by Gasteiger charge is -2.32. The Balaban J connectivity index is 1.27. The molecule has 0 unspecified atom stereocenters. The molecule has 0 saturated carbocycles. The van der Waals surface area contributed by atoms with Gasteiger partial charge in [0.1, 0.15) is 0 Å². The second-order valence-corrected chi connectivity index (χ2v) is 9.99. The molecule has 0 atom stereocenters. The Morgan fingerprint density at radius 2 is 1.84 bits per heavy atom. The lowest BCUT2D eigenvalue weighted by molar-refractivity contribution is -0.132. The first-order valence-corrected chi connectivity index (χ1v) is 12.2. The van der Waals surface area contributed by atoms with Gasteiger partial charge in [-0.05, 0) is 42.9 Å². The molecule has 2 aromatic carbocycles. The second kappa shape index (κ2) is 9.30. The van der Waals surface area contributed by atoms with E-state index in [1.165, 1.54) is 28.3 Å². The number of hydrogen-bond donors (Lipinski definition) is 1. The van der Waals surface area contributed by atoms with E-state index >= 15 is 0 Å². The molecule has 1 aliphatic rings. The third kappa shape index (κ3) is 4.94. The van der Waals surface area contributed by atoms with Crippen molar-refractivity contribution in [1.82, 2.24) is 14.2 Å². The number of carbonyl (C=O) groups excluding carboxylic acids is 1. The van der Waals surface area contributed by atoms with Gasteiger partial charge in [-0.2, -0.15) is 0 Å². The minimum absolute atomic E-state index is 0.00600. The quantitative estimate of drug-likeness (QED) is 0.587. The molecule has 8 nitrogen and oxygen atoms in total. The number of sulfonamides is 1. The molecule has 1 aliphatic heterocycles. The Labute approximate surface area is 186 Å². The molecule has 1 saturated heterocycles. The molecule has 2 heterocycles. The van der Waals surface area contributed by atoms with Crippen LogP contribution in [-0.2, 0) is 28.3 Å². The molecular weight excluding hydrogens is 430 g/mol. The summed E-state index contributed by atoms with van der Waals surface area (Å²) in [6.45, 7) is 1.42. The summed E-state index contributed by atoms with van der Waals surface area (Å²) in [4.78, 5) is 26.0. The number of fused-ring (bicyclic) bond motifs is 1. The predicted octanol–water partition coefficient (Wildman–Crippen LogP) is 2.28. The average molecular weight is 458 g/mol. The summed E-state index contributed by atoms with van der Waals surface area (Å²) in [6.07, 6.45) is 3.03. The van der Waals surface area contributed by atoms with E-state index in [-0.39, 0.29) is 29.4 Å². The van der Waals surface area contributed by atoms with E-state index in [1.54, 1.807) is 7.05 Å². The molecule has 0 aliphatic carbocycles. The highest BCUT2D eigenvalue weighted by atomic mass is 32.2. The summed E-state index contributed by atoms with van der Waals surface area (Å²) in [5, 5.41) is 0. The van der Waals surface area contributed by atoms with Crippen LogP contribution in [0.2, 0.25) is 0 Å².